The van der Waals surface area contributed by atoms with E-state index in [-0.39, 0.29) is 23.4 Å². The molecule has 5 nitrogen and oxygen atoms in total. The molecule has 17 heavy (non-hydrogen) atoms. The maximum atomic E-state index is 11.1. The summed E-state index contributed by atoms with van der Waals surface area (Å²) in [7, 11) is 0. The van der Waals surface area contributed by atoms with Crippen molar-refractivity contribution in [1.82, 2.24) is 0 Å². The molecule has 1 rings (SSSR count). The van der Waals surface area contributed by atoms with Gasteiger partial charge in [0, 0.05) is 5.56 Å². The standard InChI is InChI=1S/C11H11BrN2O3/c12-7-9(15)6-10(16)17-14-11(13)8-4-2-1-3-5-8/h1-5H,6-7H2,(H2,13,14). The first-order chi connectivity index (χ1) is 8.13. The van der Waals surface area contributed by atoms with Crippen LogP contribution in [0.25, 0.3) is 0 Å². The van der Waals surface area contributed by atoms with E-state index in [1.54, 1.807) is 24.3 Å². The number of oxime groups is 1. The lowest BCUT2D eigenvalue weighted by Gasteiger charge is -1.99. The first-order valence-electron chi connectivity index (χ1n) is 4.80. The molecule has 1 aromatic carbocycles. The topological polar surface area (TPSA) is 81.8 Å². The molecule has 2 N–H and O–H groups in total. The average molecular weight is 299 g/mol. The summed E-state index contributed by atoms with van der Waals surface area (Å²) in [6.45, 7) is 0. The Labute approximate surface area is 107 Å². The quantitative estimate of drug-likeness (QED) is 0.221. The minimum absolute atomic E-state index is 0.0882. The van der Waals surface area contributed by atoms with Gasteiger partial charge in [0.05, 0.1) is 5.33 Å². The number of carbonyl (C=O) groups is 2. The Morgan fingerprint density at radius 3 is 2.53 bits per heavy atom. The number of hydrogen-bond donors (Lipinski definition) is 1. The van der Waals surface area contributed by atoms with Crippen molar-refractivity contribution >= 4 is 33.5 Å². The molecule has 0 aliphatic heterocycles. The molecule has 0 bridgehead atoms. The molecule has 0 atom stereocenters. The molecule has 0 fully saturated rings. The molecule has 0 aromatic heterocycles. The van der Waals surface area contributed by atoms with E-state index in [2.05, 4.69) is 25.9 Å². The van der Waals surface area contributed by atoms with Gasteiger partial charge in [0.2, 0.25) is 0 Å². The van der Waals surface area contributed by atoms with Gasteiger partial charge in [-0.3, -0.25) is 4.79 Å². The predicted octanol–water partition coefficient (Wildman–Crippen LogP) is 1.20. The predicted molar refractivity (Wildman–Crippen MR) is 66.7 cm³/mol. The van der Waals surface area contributed by atoms with Gasteiger partial charge in [-0.25, -0.2) is 4.79 Å². The number of hydrogen-bond acceptors (Lipinski definition) is 4. The molecule has 90 valence electrons. The molecular weight excluding hydrogens is 288 g/mol. The second kappa shape index (κ2) is 6.80. The molecule has 0 unspecified atom stereocenters. The van der Waals surface area contributed by atoms with E-state index >= 15 is 0 Å². The molecule has 0 saturated heterocycles. The van der Waals surface area contributed by atoms with Gasteiger partial charge in [-0.05, 0) is 0 Å². The highest BCUT2D eigenvalue weighted by Crippen LogP contribution is 1.99. The van der Waals surface area contributed by atoms with Crippen LogP contribution in [0.2, 0.25) is 0 Å². The maximum Gasteiger partial charge on any atom is 0.342 e. The Hall–Kier alpha value is -1.69. The summed E-state index contributed by atoms with van der Waals surface area (Å²) in [6, 6.07) is 8.87. The fourth-order valence-corrected chi connectivity index (χ4v) is 1.20. The van der Waals surface area contributed by atoms with Crippen LogP contribution < -0.4 is 5.73 Å². The molecule has 0 saturated carbocycles. The number of nitrogens with two attached hydrogens (primary N) is 1. The van der Waals surface area contributed by atoms with Crippen LogP contribution in [0, 0.1) is 0 Å². The van der Waals surface area contributed by atoms with E-state index in [9.17, 15) is 9.59 Å². The van der Waals surface area contributed by atoms with Crippen molar-refractivity contribution in [2.45, 2.75) is 6.42 Å². The second-order valence-corrected chi connectivity index (χ2v) is 3.72. The van der Waals surface area contributed by atoms with Gasteiger partial charge in [0.1, 0.15) is 6.42 Å². The van der Waals surface area contributed by atoms with E-state index in [4.69, 9.17) is 5.73 Å². The molecule has 6 heteroatoms. The van der Waals surface area contributed by atoms with Crippen LogP contribution in [-0.2, 0) is 14.4 Å². The van der Waals surface area contributed by atoms with Gasteiger partial charge in [-0.15, -0.1) is 0 Å². The van der Waals surface area contributed by atoms with Gasteiger partial charge in [0.15, 0.2) is 11.6 Å². The summed E-state index contributed by atoms with van der Waals surface area (Å²) in [5, 5.41) is 3.57. The smallest absolute Gasteiger partial charge is 0.342 e. The Morgan fingerprint density at radius 1 is 1.29 bits per heavy atom. The Morgan fingerprint density at radius 2 is 1.94 bits per heavy atom. The number of Topliss-reactive ketones (excluding diaryl/α,β-unsaturated/α-hetero) is 1. The van der Waals surface area contributed by atoms with E-state index in [0.717, 1.165) is 0 Å². The first-order valence-corrected chi connectivity index (χ1v) is 5.92. The van der Waals surface area contributed by atoms with Crippen LogP contribution in [0.4, 0.5) is 0 Å². The van der Waals surface area contributed by atoms with Crippen molar-refractivity contribution < 1.29 is 14.4 Å². The molecule has 1 aromatic rings. The number of carbonyl (C=O) groups excluding carboxylic acids is 2. The summed E-state index contributed by atoms with van der Waals surface area (Å²) >= 11 is 2.94. The highest BCUT2D eigenvalue weighted by atomic mass is 79.9. The van der Waals surface area contributed by atoms with Gasteiger partial charge in [-0.2, -0.15) is 0 Å². The van der Waals surface area contributed by atoms with Gasteiger partial charge in [-0.1, -0.05) is 51.4 Å². The third-order valence-electron chi connectivity index (χ3n) is 1.81. The Kier molecular flexibility index (Phi) is 5.35. The molecular formula is C11H11BrN2O3. The minimum Gasteiger partial charge on any atom is -0.380 e. The van der Waals surface area contributed by atoms with Crippen molar-refractivity contribution in [3.63, 3.8) is 0 Å². The number of rotatable bonds is 5. The fourth-order valence-electron chi connectivity index (χ4n) is 1.00. The molecule has 0 aliphatic carbocycles. The SMILES string of the molecule is N/C(=N\OC(=O)CC(=O)CBr)c1ccccc1. The van der Waals surface area contributed by atoms with Crippen LogP contribution in [0.1, 0.15) is 12.0 Å². The summed E-state index contributed by atoms with van der Waals surface area (Å²) < 4.78 is 0. The first kappa shape index (κ1) is 13.4. The summed E-state index contributed by atoms with van der Waals surface area (Å²) in [4.78, 5) is 26.5. The highest BCUT2D eigenvalue weighted by Gasteiger charge is 2.09. The van der Waals surface area contributed by atoms with E-state index in [1.807, 2.05) is 6.07 Å². The van der Waals surface area contributed by atoms with Crippen LogP contribution in [0.15, 0.2) is 35.5 Å². The van der Waals surface area contributed by atoms with Crippen molar-refractivity contribution in [2.24, 2.45) is 10.9 Å². The van der Waals surface area contributed by atoms with Crippen molar-refractivity contribution in [3.8, 4) is 0 Å². The number of halogens is 1. The van der Waals surface area contributed by atoms with Gasteiger partial charge in [0.25, 0.3) is 0 Å². The minimum atomic E-state index is -0.728. The Balaban J connectivity index is 2.54. The summed E-state index contributed by atoms with van der Waals surface area (Å²) in [5.41, 5.74) is 6.23. The monoisotopic (exact) mass is 298 g/mol. The second-order valence-electron chi connectivity index (χ2n) is 3.15. The number of amidine groups is 1. The van der Waals surface area contributed by atoms with Crippen LogP contribution in [-0.4, -0.2) is 22.9 Å². The molecule has 0 amide bonds. The molecule has 0 spiro atoms. The lowest BCUT2D eigenvalue weighted by molar-refractivity contribution is -0.145. The lowest BCUT2D eigenvalue weighted by atomic mass is 10.2. The number of nitrogens with zero attached hydrogens (tertiary/aromatic N) is 1. The number of ketones is 1. The average Bonchev–Trinajstić information content (AvgIpc) is 2.36. The largest absolute Gasteiger partial charge is 0.380 e. The van der Waals surface area contributed by atoms with Gasteiger partial charge < -0.3 is 10.6 Å². The maximum absolute atomic E-state index is 11.1. The summed E-state index contributed by atoms with van der Waals surface area (Å²) in [5.74, 6) is -0.915. The Bertz CT molecular complexity index is 432. The zero-order valence-electron chi connectivity index (χ0n) is 8.93. The van der Waals surface area contributed by atoms with Crippen LogP contribution in [0.3, 0.4) is 0 Å². The van der Waals surface area contributed by atoms with Crippen LogP contribution in [0.5, 0.6) is 0 Å². The third kappa shape index (κ3) is 4.78. The van der Waals surface area contributed by atoms with Crippen molar-refractivity contribution in [2.75, 3.05) is 5.33 Å². The molecule has 0 radical (unpaired) electrons. The summed E-state index contributed by atoms with van der Waals surface area (Å²) in [6.07, 6.45) is -0.323. The van der Waals surface area contributed by atoms with E-state index in [0.29, 0.717) is 5.56 Å². The zero-order chi connectivity index (χ0) is 12.7. The van der Waals surface area contributed by atoms with E-state index in [1.165, 1.54) is 0 Å². The number of alkyl halides is 1. The van der Waals surface area contributed by atoms with Gasteiger partial charge >= 0.3 is 5.97 Å². The molecule has 0 aliphatic rings. The normalized spacial score (nSPS) is 11.0. The highest BCUT2D eigenvalue weighted by molar-refractivity contribution is 9.09. The fraction of sp³-hybridized carbons (Fsp3) is 0.182. The van der Waals surface area contributed by atoms with Crippen molar-refractivity contribution in [3.05, 3.63) is 35.9 Å². The lowest BCUT2D eigenvalue weighted by Crippen LogP contribution is -2.16. The van der Waals surface area contributed by atoms with Crippen LogP contribution >= 0.6 is 15.9 Å². The van der Waals surface area contributed by atoms with E-state index < -0.39 is 5.97 Å². The zero-order valence-corrected chi connectivity index (χ0v) is 10.5. The van der Waals surface area contributed by atoms with Crippen molar-refractivity contribution in [1.29, 1.82) is 0 Å². The molecule has 0 heterocycles. The third-order valence-corrected chi connectivity index (χ3v) is 2.43. The number of benzene rings is 1.